The van der Waals surface area contributed by atoms with Gasteiger partial charge in [0, 0.05) is 55.2 Å². The van der Waals surface area contributed by atoms with Crippen LogP contribution in [0.15, 0.2) is 73.1 Å². The van der Waals surface area contributed by atoms with Gasteiger partial charge < -0.3 is 19.9 Å². The number of nitrogens with zero attached hydrogens (tertiary/aromatic N) is 5. The molecule has 1 aliphatic rings. The van der Waals surface area contributed by atoms with Gasteiger partial charge >= 0.3 is 6.03 Å². The Hall–Kier alpha value is -4.20. The molecule has 2 aromatic heterocycles. The fraction of sp³-hybridized carbons (Fsp3) is 0.200. The van der Waals surface area contributed by atoms with Gasteiger partial charge in [0.25, 0.3) is 0 Å². The number of nitrogens with one attached hydrogen (secondary N) is 1. The van der Waals surface area contributed by atoms with Crippen LogP contribution >= 0.6 is 0 Å². The van der Waals surface area contributed by atoms with Crippen LogP contribution in [0.1, 0.15) is 0 Å². The Morgan fingerprint density at radius 3 is 2.45 bits per heavy atom. The second-order valence-electron chi connectivity index (χ2n) is 7.76. The molecule has 0 atom stereocenters. The molecule has 0 unspecified atom stereocenters. The quantitative estimate of drug-likeness (QED) is 0.515. The zero-order valence-electron chi connectivity index (χ0n) is 18.3. The summed E-state index contributed by atoms with van der Waals surface area (Å²) in [7, 11) is 1.62. The molecule has 3 heterocycles. The van der Waals surface area contributed by atoms with E-state index < -0.39 is 0 Å². The van der Waals surface area contributed by atoms with Crippen molar-refractivity contribution in [1.82, 2.24) is 19.9 Å². The van der Waals surface area contributed by atoms with Gasteiger partial charge in [0.1, 0.15) is 11.6 Å². The van der Waals surface area contributed by atoms with Crippen LogP contribution in [-0.4, -0.2) is 59.2 Å². The molecule has 1 N–H and O–H groups in total. The van der Waals surface area contributed by atoms with Crippen molar-refractivity contribution in [3.05, 3.63) is 73.1 Å². The number of para-hydroxylation sites is 1. The first-order valence-electron chi connectivity index (χ1n) is 10.8. The van der Waals surface area contributed by atoms with Gasteiger partial charge in [-0.25, -0.2) is 14.8 Å². The first-order chi connectivity index (χ1) is 16.2. The number of ether oxygens (including phenoxy) is 1. The lowest BCUT2D eigenvalue weighted by molar-refractivity contribution is 0.208. The summed E-state index contributed by atoms with van der Waals surface area (Å²) >= 11 is 0. The van der Waals surface area contributed by atoms with Crippen LogP contribution < -0.4 is 15.0 Å². The third-order valence-electron chi connectivity index (χ3n) is 5.71. The Balaban J connectivity index is 1.33. The standard InChI is InChI=1S/C25H24N6O2/c1-33-20-10-8-19(9-11-20)27-25(32)31-15-13-30(14-16-31)24-21-6-2-3-7-22(21)28-23(29-24)18-5-4-12-26-17-18/h2-12,17H,13-16H2,1H3,(H,27,32). The lowest BCUT2D eigenvalue weighted by atomic mass is 10.2. The maximum Gasteiger partial charge on any atom is 0.321 e. The van der Waals surface area contributed by atoms with Gasteiger partial charge in [-0.15, -0.1) is 0 Å². The van der Waals surface area contributed by atoms with Crippen molar-refractivity contribution < 1.29 is 9.53 Å². The minimum absolute atomic E-state index is 0.108. The molecular formula is C25H24N6O2. The monoisotopic (exact) mass is 440 g/mol. The molecule has 4 aromatic rings. The molecule has 1 fully saturated rings. The van der Waals surface area contributed by atoms with Crippen LogP contribution in [0.5, 0.6) is 5.75 Å². The molecule has 0 spiro atoms. The molecule has 8 nitrogen and oxygen atoms in total. The summed E-state index contributed by atoms with van der Waals surface area (Å²) in [4.78, 5) is 30.6. The number of rotatable bonds is 4. The Morgan fingerprint density at radius 1 is 0.939 bits per heavy atom. The molecule has 1 aliphatic heterocycles. The Labute approximate surface area is 191 Å². The predicted octanol–water partition coefficient (Wildman–Crippen LogP) is 4.05. The molecule has 5 rings (SSSR count). The van der Waals surface area contributed by atoms with E-state index in [9.17, 15) is 4.79 Å². The third kappa shape index (κ3) is 4.41. The minimum Gasteiger partial charge on any atom is -0.497 e. The van der Waals surface area contributed by atoms with Gasteiger partial charge in [-0.3, -0.25) is 4.98 Å². The van der Waals surface area contributed by atoms with Crippen molar-refractivity contribution in [2.75, 3.05) is 43.5 Å². The van der Waals surface area contributed by atoms with E-state index in [4.69, 9.17) is 14.7 Å². The number of carbonyl (C=O) groups is 1. The smallest absolute Gasteiger partial charge is 0.321 e. The maximum absolute atomic E-state index is 12.7. The lowest BCUT2D eigenvalue weighted by Crippen LogP contribution is -2.50. The second kappa shape index (κ2) is 9.12. The molecule has 2 aromatic carbocycles. The molecule has 0 radical (unpaired) electrons. The molecule has 0 aliphatic carbocycles. The number of hydrogen-bond acceptors (Lipinski definition) is 6. The van der Waals surface area contributed by atoms with Crippen LogP contribution in [-0.2, 0) is 0 Å². The van der Waals surface area contributed by atoms with Crippen LogP contribution in [0, 0.1) is 0 Å². The van der Waals surface area contributed by atoms with Gasteiger partial charge in [0.05, 0.1) is 12.6 Å². The Bertz CT molecular complexity index is 1260. The normalized spacial score (nSPS) is 13.7. The number of anilines is 2. The van der Waals surface area contributed by atoms with E-state index >= 15 is 0 Å². The maximum atomic E-state index is 12.7. The van der Waals surface area contributed by atoms with Crippen LogP contribution in [0.4, 0.5) is 16.3 Å². The van der Waals surface area contributed by atoms with E-state index in [1.165, 1.54) is 0 Å². The highest BCUT2D eigenvalue weighted by atomic mass is 16.5. The number of pyridine rings is 1. The number of piperazine rings is 1. The van der Waals surface area contributed by atoms with E-state index in [0.717, 1.165) is 33.7 Å². The van der Waals surface area contributed by atoms with Crippen molar-refractivity contribution in [2.45, 2.75) is 0 Å². The average Bonchev–Trinajstić information content (AvgIpc) is 2.89. The molecule has 2 amide bonds. The van der Waals surface area contributed by atoms with E-state index in [1.807, 2.05) is 65.6 Å². The summed E-state index contributed by atoms with van der Waals surface area (Å²) in [6.45, 7) is 2.57. The zero-order valence-corrected chi connectivity index (χ0v) is 18.3. The molecule has 8 heteroatoms. The van der Waals surface area contributed by atoms with E-state index in [-0.39, 0.29) is 6.03 Å². The highest BCUT2D eigenvalue weighted by Crippen LogP contribution is 2.28. The topological polar surface area (TPSA) is 83.5 Å². The summed E-state index contributed by atoms with van der Waals surface area (Å²) in [5.41, 5.74) is 2.51. The van der Waals surface area contributed by atoms with Crippen molar-refractivity contribution in [1.29, 1.82) is 0 Å². The van der Waals surface area contributed by atoms with Gasteiger partial charge in [0.2, 0.25) is 0 Å². The molecule has 0 bridgehead atoms. The number of carbonyl (C=O) groups excluding carboxylic acids is 1. The van der Waals surface area contributed by atoms with Crippen molar-refractivity contribution in [3.8, 4) is 17.1 Å². The third-order valence-corrected chi connectivity index (χ3v) is 5.71. The van der Waals surface area contributed by atoms with Crippen molar-refractivity contribution >= 4 is 28.4 Å². The number of fused-ring (bicyclic) bond motifs is 1. The van der Waals surface area contributed by atoms with Gasteiger partial charge in [-0.2, -0.15) is 0 Å². The first kappa shape index (κ1) is 20.7. The number of urea groups is 1. The van der Waals surface area contributed by atoms with E-state index in [0.29, 0.717) is 32.0 Å². The van der Waals surface area contributed by atoms with E-state index in [1.54, 1.807) is 19.5 Å². The summed E-state index contributed by atoms with van der Waals surface area (Å²) in [5.74, 6) is 2.29. The fourth-order valence-corrected chi connectivity index (χ4v) is 3.92. The molecule has 166 valence electrons. The fourth-order valence-electron chi connectivity index (χ4n) is 3.92. The summed E-state index contributed by atoms with van der Waals surface area (Å²) < 4.78 is 5.17. The second-order valence-corrected chi connectivity index (χ2v) is 7.76. The molecule has 0 saturated carbocycles. The SMILES string of the molecule is COc1ccc(NC(=O)N2CCN(c3nc(-c4cccnc4)nc4ccccc34)CC2)cc1. The van der Waals surface area contributed by atoms with Crippen molar-refractivity contribution in [3.63, 3.8) is 0 Å². The minimum atomic E-state index is -0.108. The average molecular weight is 441 g/mol. The van der Waals surface area contributed by atoms with Crippen LogP contribution in [0.2, 0.25) is 0 Å². The van der Waals surface area contributed by atoms with Gasteiger partial charge in [0.15, 0.2) is 5.82 Å². The van der Waals surface area contributed by atoms with Gasteiger partial charge in [-0.05, 0) is 48.5 Å². The summed E-state index contributed by atoms with van der Waals surface area (Å²) in [6.07, 6.45) is 3.51. The van der Waals surface area contributed by atoms with E-state index in [2.05, 4.69) is 15.2 Å². The molecular weight excluding hydrogens is 416 g/mol. The lowest BCUT2D eigenvalue weighted by Gasteiger charge is -2.35. The number of methoxy groups -OCH3 is 1. The highest BCUT2D eigenvalue weighted by molar-refractivity contribution is 5.92. The van der Waals surface area contributed by atoms with Gasteiger partial charge in [-0.1, -0.05) is 12.1 Å². The van der Waals surface area contributed by atoms with Crippen LogP contribution in [0.25, 0.3) is 22.3 Å². The summed E-state index contributed by atoms with van der Waals surface area (Å²) in [6, 6.07) is 19.1. The molecule has 33 heavy (non-hydrogen) atoms. The molecule has 1 saturated heterocycles. The van der Waals surface area contributed by atoms with Crippen LogP contribution in [0.3, 0.4) is 0 Å². The number of aromatic nitrogens is 3. The predicted molar refractivity (Wildman–Crippen MR) is 129 cm³/mol. The zero-order chi connectivity index (χ0) is 22.6. The highest BCUT2D eigenvalue weighted by Gasteiger charge is 2.24. The van der Waals surface area contributed by atoms with Crippen molar-refractivity contribution in [2.24, 2.45) is 0 Å². The largest absolute Gasteiger partial charge is 0.497 e. The number of benzene rings is 2. The number of hydrogen-bond donors (Lipinski definition) is 1. The Kier molecular flexibility index (Phi) is 5.72. The summed E-state index contributed by atoms with van der Waals surface area (Å²) in [5, 5.41) is 3.96. The Morgan fingerprint density at radius 2 is 1.73 bits per heavy atom. The first-order valence-corrected chi connectivity index (χ1v) is 10.8. The number of amides is 2.